The molecule has 9 heteroatoms. The molecule has 1 saturated heterocycles. The molecule has 1 aliphatic heterocycles. The van der Waals surface area contributed by atoms with Crippen molar-refractivity contribution in [3.05, 3.63) is 37.6 Å². The number of aromatic nitrogens is 2. The molecule has 21 heavy (non-hydrogen) atoms. The van der Waals surface area contributed by atoms with E-state index in [9.17, 15) is 14.7 Å². The molecule has 0 aromatic carbocycles. The van der Waals surface area contributed by atoms with Gasteiger partial charge in [0.2, 0.25) is 0 Å². The van der Waals surface area contributed by atoms with Crippen molar-refractivity contribution in [2.75, 3.05) is 13.7 Å². The number of H-pyrrole nitrogens is 1. The molecule has 8 nitrogen and oxygen atoms in total. The number of nitrogens with zero attached hydrogens (tertiary/aromatic N) is 1. The summed E-state index contributed by atoms with van der Waals surface area (Å²) in [4.78, 5) is 36.4. The lowest BCUT2D eigenvalue weighted by atomic mass is 10.2. The number of halogens is 1. The molecule has 0 aliphatic carbocycles. The van der Waals surface area contributed by atoms with Crippen LogP contribution in [0.15, 0.2) is 20.8 Å². The second-order valence-electron chi connectivity index (χ2n) is 4.43. The van der Waals surface area contributed by atoms with Crippen LogP contribution in [0.25, 0.3) is 6.08 Å². The first-order chi connectivity index (χ1) is 10.1. The third-order valence-corrected chi connectivity index (χ3v) is 3.37. The zero-order chi connectivity index (χ0) is 15.4. The van der Waals surface area contributed by atoms with E-state index in [0.717, 1.165) is 0 Å². The van der Waals surface area contributed by atoms with Crippen molar-refractivity contribution >= 4 is 22.0 Å². The quantitative estimate of drug-likeness (QED) is 0.570. The fourth-order valence-corrected chi connectivity index (χ4v) is 2.36. The highest BCUT2D eigenvalue weighted by atomic mass is 79.9. The SMILES string of the molecule is COOC[C@@H]1O[C@H](n2cc(/C=C/Br)c(=O)[nH]c2=O)CC1O. The zero-order valence-electron chi connectivity index (χ0n) is 11.2. The lowest BCUT2D eigenvalue weighted by molar-refractivity contribution is -0.290. The van der Waals surface area contributed by atoms with E-state index in [2.05, 4.69) is 25.8 Å². The summed E-state index contributed by atoms with van der Waals surface area (Å²) in [5.74, 6) is 0. The van der Waals surface area contributed by atoms with Crippen LogP contribution in [0.5, 0.6) is 0 Å². The highest BCUT2D eigenvalue weighted by Crippen LogP contribution is 2.27. The molecule has 1 aliphatic rings. The smallest absolute Gasteiger partial charge is 0.330 e. The van der Waals surface area contributed by atoms with Crippen LogP contribution in [0.3, 0.4) is 0 Å². The van der Waals surface area contributed by atoms with E-state index in [1.54, 1.807) is 0 Å². The Kier molecular flexibility index (Phi) is 5.48. The maximum atomic E-state index is 11.9. The van der Waals surface area contributed by atoms with E-state index in [-0.39, 0.29) is 13.0 Å². The van der Waals surface area contributed by atoms with Gasteiger partial charge in [0.25, 0.3) is 5.56 Å². The first kappa shape index (κ1) is 16.1. The van der Waals surface area contributed by atoms with E-state index in [1.165, 1.54) is 28.9 Å². The summed E-state index contributed by atoms with van der Waals surface area (Å²) >= 11 is 3.07. The van der Waals surface area contributed by atoms with Crippen LogP contribution in [-0.4, -0.2) is 40.6 Å². The molecule has 1 fully saturated rings. The van der Waals surface area contributed by atoms with Crippen LogP contribution < -0.4 is 11.2 Å². The Morgan fingerprint density at radius 2 is 2.38 bits per heavy atom. The summed E-state index contributed by atoms with van der Waals surface area (Å²) in [7, 11) is 1.35. The minimum Gasteiger partial charge on any atom is -0.390 e. The van der Waals surface area contributed by atoms with Crippen LogP contribution >= 0.6 is 15.9 Å². The largest absolute Gasteiger partial charge is 0.390 e. The number of rotatable bonds is 5. The molecule has 0 bridgehead atoms. The van der Waals surface area contributed by atoms with E-state index in [0.29, 0.717) is 5.56 Å². The second-order valence-corrected chi connectivity index (χ2v) is 4.96. The molecule has 0 radical (unpaired) electrons. The van der Waals surface area contributed by atoms with Crippen molar-refractivity contribution in [3.63, 3.8) is 0 Å². The Bertz CT molecular complexity index is 625. The Hall–Kier alpha value is -1.26. The predicted molar refractivity (Wildman–Crippen MR) is 76.8 cm³/mol. The summed E-state index contributed by atoms with van der Waals surface area (Å²) in [5.41, 5.74) is -0.803. The van der Waals surface area contributed by atoms with E-state index >= 15 is 0 Å². The van der Waals surface area contributed by atoms with E-state index in [1.807, 2.05) is 0 Å². The van der Waals surface area contributed by atoms with Crippen LogP contribution in [0.2, 0.25) is 0 Å². The molecule has 116 valence electrons. The highest BCUT2D eigenvalue weighted by Gasteiger charge is 2.36. The number of aliphatic hydroxyl groups is 1. The molecule has 1 aromatic heterocycles. The van der Waals surface area contributed by atoms with Gasteiger partial charge < -0.3 is 9.84 Å². The average Bonchev–Trinajstić information content (AvgIpc) is 2.80. The first-order valence-electron chi connectivity index (χ1n) is 6.18. The predicted octanol–water partition coefficient (Wildman–Crippen LogP) is 0.129. The van der Waals surface area contributed by atoms with Gasteiger partial charge in [0.05, 0.1) is 18.8 Å². The fraction of sp³-hybridized carbons (Fsp3) is 0.500. The van der Waals surface area contributed by atoms with Gasteiger partial charge in [-0.3, -0.25) is 14.3 Å². The Balaban J connectivity index is 2.25. The van der Waals surface area contributed by atoms with Gasteiger partial charge in [0.1, 0.15) is 18.9 Å². The van der Waals surface area contributed by atoms with Crippen LogP contribution in [0, 0.1) is 0 Å². The van der Waals surface area contributed by atoms with Gasteiger partial charge in [-0.2, -0.15) is 0 Å². The molecule has 2 N–H and O–H groups in total. The Labute approximate surface area is 128 Å². The Morgan fingerprint density at radius 3 is 3.05 bits per heavy atom. The molecule has 1 aromatic rings. The molecule has 0 amide bonds. The monoisotopic (exact) mass is 362 g/mol. The lowest BCUT2D eigenvalue weighted by Gasteiger charge is -2.15. The van der Waals surface area contributed by atoms with Crippen molar-refractivity contribution in [2.24, 2.45) is 0 Å². The maximum Gasteiger partial charge on any atom is 0.330 e. The molecule has 0 saturated carbocycles. The maximum absolute atomic E-state index is 11.9. The van der Waals surface area contributed by atoms with Crippen LogP contribution in [0.1, 0.15) is 18.2 Å². The normalized spacial score (nSPS) is 25.8. The van der Waals surface area contributed by atoms with Crippen LogP contribution in [-0.2, 0) is 14.5 Å². The summed E-state index contributed by atoms with van der Waals surface area (Å²) in [5, 5.41) is 9.90. The molecule has 2 heterocycles. The summed E-state index contributed by atoms with van der Waals surface area (Å²) in [6.07, 6.45) is 1.02. The molecule has 3 atom stereocenters. The molecule has 0 spiro atoms. The molecular formula is C12H15BrN2O6. The standard InChI is InChI=1S/C12H15BrN2O6/c1-19-20-6-9-8(16)4-10(21-9)15-5-7(2-3-13)11(17)14-12(15)18/h2-3,5,8-10,16H,4,6H2,1H3,(H,14,17,18)/b3-2+/t8?,9-,10-/m0/s1. The number of hydrogen-bond acceptors (Lipinski definition) is 6. The number of nitrogens with one attached hydrogen (secondary N) is 1. The minimum atomic E-state index is -0.792. The van der Waals surface area contributed by atoms with Gasteiger partial charge in [-0.25, -0.2) is 14.6 Å². The van der Waals surface area contributed by atoms with Crippen molar-refractivity contribution in [2.45, 2.75) is 24.9 Å². The summed E-state index contributed by atoms with van der Waals surface area (Å²) in [6, 6.07) is 0. The van der Waals surface area contributed by atoms with Gasteiger partial charge in [-0.1, -0.05) is 15.9 Å². The third kappa shape index (κ3) is 3.69. The third-order valence-electron chi connectivity index (χ3n) is 3.10. The van der Waals surface area contributed by atoms with Crippen molar-refractivity contribution in [3.8, 4) is 0 Å². The summed E-state index contributed by atoms with van der Waals surface area (Å²) in [6.45, 7) is 0.0421. The van der Waals surface area contributed by atoms with Crippen LogP contribution in [0.4, 0.5) is 0 Å². The number of hydrogen-bond donors (Lipinski definition) is 2. The number of ether oxygens (including phenoxy) is 1. The van der Waals surface area contributed by atoms with Crippen molar-refractivity contribution < 1.29 is 19.6 Å². The fourth-order valence-electron chi connectivity index (χ4n) is 2.07. The van der Waals surface area contributed by atoms with Crippen molar-refractivity contribution in [1.82, 2.24) is 9.55 Å². The Morgan fingerprint density at radius 1 is 1.62 bits per heavy atom. The van der Waals surface area contributed by atoms with Gasteiger partial charge >= 0.3 is 5.69 Å². The number of aliphatic hydroxyl groups excluding tert-OH is 1. The van der Waals surface area contributed by atoms with E-state index < -0.39 is 29.7 Å². The van der Waals surface area contributed by atoms with Gasteiger partial charge in [0.15, 0.2) is 0 Å². The van der Waals surface area contributed by atoms with Gasteiger partial charge in [0, 0.05) is 12.6 Å². The van der Waals surface area contributed by atoms with Gasteiger partial charge in [-0.05, 0) is 11.1 Å². The summed E-state index contributed by atoms with van der Waals surface area (Å²) < 4.78 is 6.80. The van der Waals surface area contributed by atoms with E-state index in [4.69, 9.17) is 9.62 Å². The average molecular weight is 363 g/mol. The molecule has 2 rings (SSSR count). The highest BCUT2D eigenvalue weighted by molar-refractivity contribution is 9.11. The second kappa shape index (κ2) is 7.14. The molecular weight excluding hydrogens is 348 g/mol. The topological polar surface area (TPSA) is 103 Å². The number of aromatic amines is 1. The lowest BCUT2D eigenvalue weighted by Crippen LogP contribution is -2.33. The minimum absolute atomic E-state index is 0.0421. The van der Waals surface area contributed by atoms with Gasteiger partial charge in [-0.15, -0.1) is 0 Å². The van der Waals surface area contributed by atoms with Crippen molar-refractivity contribution in [1.29, 1.82) is 0 Å². The molecule has 1 unspecified atom stereocenters. The first-order valence-corrected chi connectivity index (χ1v) is 7.09. The zero-order valence-corrected chi connectivity index (χ0v) is 12.8.